The van der Waals surface area contributed by atoms with Crippen LogP contribution in [0.15, 0.2) is 48.5 Å². The number of nitrogens with zero attached hydrogens (tertiary/aromatic N) is 1. The zero-order chi connectivity index (χ0) is 18.0. The summed E-state index contributed by atoms with van der Waals surface area (Å²) in [4.78, 5) is 28.7. The Labute approximate surface area is 149 Å². The highest BCUT2D eigenvalue weighted by atomic mass is 35.5. The summed E-state index contributed by atoms with van der Waals surface area (Å²) in [5.41, 5.74) is 1.58. The number of rotatable bonds is 3. The standard InChI is InChI=1S/C19H15ClN2O3/c1-11-6-5-9-14(19(24)25-2)16(11)22-18(23)15-10-12-7-3-4-8-13(12)17(20)21-15/h3-10H,1-2H3,(H,22,23). The van der Waals surface area contributed by atoms with Crippen molar-refractivity contribution >= 4 is 39.9 Å². The number of carbonyl (C=O) groups is 2. The number of pyridine rings is 1. The van der Waals surface area contributed by atoms with Crippen LogP contribution in [0.5, 0.6) is 0 Å². The molecule has 3 rings (SSSR count). The Morgan fingerprint density at radius 3 is 2.64 bits per heavy atom. The van der Waals surface area contributed by atoms with Crippen LogP contribution in [0.25, 0.3) is 10.8 Å². The molecule has 0 aliphatic rings. The number of hydrogen-bond donors (Lipinski definition) is 1. The number of para-hydroxylation sites is 1. The maximum Gasteiger partial charge on any atom is 0.339 e. The summed E-state index contributed by atoms with van der Waals surface area (Å²) >= 11 is 6.18. The quantitative estimate of drug-likeness (QED) is 0.564. The zero-order valence-electron chi connectivity index (χ0n) is 13.7. The lowest BCUT2D eigenvalue weighted by Crippen LogP contribution is -2.17. The molecule has 0 fully saturated rings. The molecule has 1 N–H and O–H groups in total. The van der Waals surface area contributed by atoms with Gasteiger partial charge in [-0.15, -0.1) is 0 Å². The molecular formula is C19H15ClN2O3. The van der Waals surface area contributed by atoms with Crippen molar-refractivity contribution in [1.82, 2.24) is 4.98 Å². The van der Waals surface area contributed by atoms with E-state index in [1.165, 1.54) is 7.11 Å². The topological polar surface area (TPSA) is 68.3 Å². The third kappa shape index (κ3) is 3.32. The van der Waals surface area contributed by atoms with Gasteiger partial charge >= 0.3 is 5.97 Å². The molecule has 1 heterocycles. The number of amides is 1. The Bertz CT molecular complexity index is 986. The van der Waals surface area contributed by atoms with Crippen LogP contribution in [0.2, 0.25) is 5.15 Å². The fourth-order valence-corrected chi connectivity index (χ4v) is 2.83. The summed E-state index contributed by atoms with van der Waals surface area (Å²) in [6, 6.07) is 14.2. The average Bonchev–Trinajstić information content (AvgIpc) is 2.62. The number of benzene rings is 2. The molecule has 1 aromatic heterocycles. The second kappa shape index (κ2) is 6.91. The van der Waals surface area contributed by atoms with E-state index in [1.54, 1.807) is 31.2 Å². The minimum atomic E-state index is -0.525. The number of hydrogen-bond acceptors (Lipinski definition) is 4. The van der Waals surface area contributed by atoms with Crippen molar-refractivity contribution in [1.29, 1.82) is 0 Å². The summed E-state index contributed by atoms with van der Waals surface area (Å²) in [7, 11) is 1.29. The molecule has 0 unspecified atom stereocenters. The van der Waals surface area contributed by atoms with E-state index in [0.29, 0.717) is 5.69 Å². The highest BCUT2D eigenvalue weighted by Crippen LogP contribution is 2.25. The predicted molar refractivity (Wildman–Crippen MR) is 97.2 cm³/mol. The molecule has 3 aromatic rings. The average molecular weight is 355 g/mol. The van der Waals surface area contributed by atoms with E-state index in [9.17, 15) is 9.59 Å². The van der Waals surface area contributed by atoms with Gasteiger partial charge in [0.25, 0.3) is 5.91 Å². The third-order valence-electron chi connectivity index (χ3n) is 3.84. The van der Waals surface area contributed by atoms with Gasteiger partial charge in [0.2, 0.25) is 0 Å². The first-order valence-corrected chi connectivity index (χ1v) is 7.93. The van der Waals surface area contributed by atoms with Crippen LogP contribution >= 0.6 is 11.6 Å². The van der Waals surface area contributed by atoms with Gasteiger partial charge in [-0.25, -0.2) is 9.78 Å². The molecule has 5 nitrogen and oxygen atoms in total. The number of ether oxygens (including phenoxy) is 1. The summed E-state index contributed by atoms with van der Waals surface area (Å²) in [6.45, 7) is 1.79. The predicted octanol–water partition coefficient (Wildman–Crippen LogP) is 4.24. The Kier molecular flexibility index (Phi) is 4.67. The molecular weight excluding hydrogens is 340 g/mol. The first-order valence-electron chi connectivity index (χ1n) is 7.56. The van der Waals surface area contributed by atoms with Crippen LogP contribution in [-0.4, -0.2) is 24.0 Å². The van der Waals surface area contributed by atoms with Crippen molar-refractivity contribution in [3.63, 3.8) is 0 Å². The highest BCUT2D eigenvalue weighted by molar-refractivity contribution is 6.34. The SMILES string of the molecule is COC(=O)c1cccc(C)c1NC(=O)c1cc2ccccc2c(Cl)n1. The molecule has 25 heavy (non-hydrogen) atoms. The smallest absolute Gasteiger partial charge is 0.339 e. The van der Waals surface area contributed by atoms with Crippen molar-refractivity contribution in [3.8, 4) is 0 Å². The van der Waals surface area contributed by atoms with Crippen molar-refractivity contribution < 1.29 is 14.3 Å². The van der Waals surface area contributed by atoms with Gasteiger partial charge in [0, 0.05) is 5.39 Å². The van der Waals surface area contributed by atoms with Gasteiger partial charge in [-0.1, -0.05) is 48.0 Å². The summed E-state index contributed by atoms with van der Waals surface area (Å²) in [6.07, 6.45) is 0. The zero-order valence-corrected chi connectivity index (χ0v) is 14.4. The molecule has 0 saturated carbocycles. The van der Waals surface area contributed by atoms with E-state index in [-0.39, 0.29) is 16.4 Å². The molecule has 0 bridgehead atoms. The van der Waals surface area contributed by atoms with Gasteiger partial charge in [-0.05, 0) is 30.0 Å². The fraction of sp³-hybridized carbons (Fsp3) is 0.105. The minimum absolute atomic E-state index is 0.169. The molecule has 6 heteroatoms. The van der Waals surface area contributed by atoms with Crippen LogP contribution in [0.4, 0.5) is 5.69 Å². The molecule has 126 valence electrons. The number of carbonyl (C=O) groups excluding carboxylic acids is 2. The van der Waals surface area contributed by atoms with Gasteiger partial charge in [-0.3, -0.25) is 4.79 Å². The van der Waals surface area contributed by atoms with Gasteiger partial charge < -0.3 is 10.1 Å². The Morgan fingerprint density at radius 1 is 1.12 bits per heavy atom. The first-order chi connectivity index (χ1) is 12.0. The van der Waals surface area contributed by atoms with E-state index in [0.717, 1.165) is 16.3 Å². The summed E-state index contributed by atoms with van der Waals surface area (Å²) in [5, 5.41) is 4.57. The third-order valence-corrected chi connectivity index (χ3v) is 4.13. The van der Waals surface area contributed by atoms with Crippen molar-refractivity contribution in [2.75, 3.05) is 12.4 Å². The Hall–Kier alpha value is -2.92. The number of methoxy groups -OCH3 is 1. The number of fused-ring (bicyclic) bond motifs is 1. The molecule has 0 aliphatic heterocycles. The lowest BCUT2D eigenvalue weighted by molar-refractivity contribution is 0.0602. The van der Waals surface area contributed by atoms with Crippen LogP contribution < -0.4 is 5.32 Å². The molecule has 0 radical (unpaired) electrons. The van der Waals surface area contributed by atoms with E-state index >= 15 is 0 Å². The van der Waals surface area contributed by atoms with E-state index < -0.39 is 11.9 Å². The molecule has 0 aliphatic carbocycles. The van der Waals surface area contributed by atoms with Crippen molar-refractivity contribution in [2.24, 2.45) is 0 Å². The van der Waals surface area contributed by atoms with Crippen LogP contribution in [0.1, 0.15) is 26.4 Å². The summed E-state index contributed by atoms with van der Waals surface area (Å²) < 4.78 is 4.77. The Morgan fingerprint density at radius 2 is 1.88 bits per heavy atom. The van der Waals surface area contributed by atoms with Crippen LogP contribution in [-0.2, 0) is 4.74 Å². The normalized spacial score (nSPS) is 10.5. The number of halogens is 1. The van der Waals surface area contributed by atoms with Crippen LogP contribution in [0.3, 0.4) is 0 Å². The van der Waals surface area contributed by atoms with E-state index in [2.05, 4.69) is 10.3 Å². The maximum atomic E-state index is 12.6. The molecule has 1 amide bonds. The lowest BCUT2D eigenvalue weighted by atomic mass is 10.1. The van der Waals surface area contributed by atoms with E-state index in [1.807, 2.05) is 24.3 Å². The number of nitrogens with one attached hydrogen (secondary N) is 1. The van der Waals surface area contributed by atoms with Crippen LogP contribution in [0, 0.1) is 6.92 Å². The highest BCUT2D eigenvalue weighted by Gasteiger charge is 2.18. The number of anilines is 1. The largest absolute Gasteiger partial charge is 0.465 e. The van der Waals surface area contributed by atoms with Gasteiger partial charge in [0.15, 0.2) is 0 Å². The molecule has 2 aromatic carbocycles. The van der Waals surface area contributed by atoms with Crippen molar-refractivity contribution in [3.05, 3.63) is 70.5 Å². The monoisotopic (exact) mass is 354 g/mol. The second-order valence-electron chi connectivity index (χ2n) is 5.46. The molecule has 0 atom stereocenters. The van der Waals surface area contributed by atoms with Crippen molar-refractivity contribution in [2.45, 2.75) is 6.92 Å². The first kappa shape index (κ1) is 16.9. The number of aryl methyl sites for hydroxylation is 1. The maximum absolute atomic E-state index is 12.6. The second-order valence-corrected chi connectivity index (χ2v) is 5.82. The summed E-state index contributed by atoms with van der Waals surface area (Å²) in [5.74, 6) is -0.976. The van der Waals surface area contributed by atoms with Gasteiger partial charge in [0.05, 0.1) is 18.4 Å². The fourth-order valence-electron chi connectivity index (χ4n) is 2.56. The minimum Gasteiger partial charge on any atom is -0.465 e. The molecule has 0 spiro atoms. The molecule has 0 saturated heterocycles. The van der Waals surface area contributed by atoms with E-state index in [4.69, 9.17) is 16.3 Å². The lowest BCUT2D eigenvalue weighted by Gasteiger charge is -2.13. The van der Waals surface area contributed by atoms with Gasteiger partial charge in [0.1, 0.15) is 10.8 Å². The van der Waals surface area contributed by atoms with Gasteiger partial charge in [-0.2, -0.15) is 0 Å². The number of aromatic nitrogens is 1. The number of esters is 1. The Balaban J connectivity index is 2.00.